The number of aryl methyl sites for hydroxylation is 1. The van der Waals surface area contributed by atoms with Crippen LogP contribution in [-0.4, -0.2) is 7.11 Å². The van der Waals surface area contributed by atoms with Crippen LogP contribution in [0.4, 0.5) is 0 Å². The van der Waals surface area contributed by atoms with Gasteiger partial charge in [0.15, 0.2) is 0 Å². The summed E-state index contributed by atoms with van der Waals surface area (Å²) in [5.41, 5.74) is 1.99. The fourth-order valence-electron chi connectivity index (χ4n) is 2.17. The van der Waals surface area contributed by atoms with Gasteiger partial charge < -0.3 is 9.15 Å². The lowest BCUT2D eigenvalue weighted by Crippen LogP contribution is -1.96. The van der Waals surface area contributed by atoms with E-state index in [1.54, 1.807) is 7.11 Å². The van der Waals surface area contributed by atoms with E-state index in [9.17, 15) is 0 Å². The highest BCUT2D eigenvalue weighted by molar-refractivity contribution is 6.20. The third-order valence-corrected chi connectivity index (χ3v) is 3.52. The number of halogens is 1. The third kappa shape index (κ3) is 2.49. The molecule has 1 aromatic carbocycles. The molecule has 3 heteroatoms. The maximum Gasteiger partial charge on any atom is 0.134 e. The van der Waals surface area contributed by atoms with E-state index in [0.29, 0.717) is 5.92 Å². The summed E-state index contributed by atoms with van der Waals surface area (Å²) < 4.78 is 11.1. The Morgan fingerprint density at radius 2 is 2.06 bits per heavy atom. The van der Waals surface area contributed by atoms with Crippen LogP contribution < -0.4 is 4.74 Å². The van der Waals surface area contributed by atoms with E-state index in [1.165, 1.54) is 0 Å². The van der Waals surface area contributed by atoms with Crippen LogP contribution >= 0.6 is 11.6 Å². The van der Waals surface area contributed by atoms with Crippen molar-refractivity contribution >= 4 is 22.6 Å². The predicted molar refractivity (Wildman–Crippen MR) is 75.6 cm³/mol. The lowest BCUT2D eigenvalue weighted by atomic mass is 10.0. The first kappa shape index (κ1) is 13.3. The molecule has 0 bridgehead atoms. The van der Waals surface area contributed by atoms with Crippen molar-refractivity contribution in [3.05, 3.63) is 29.5 Å². The second kappa shape index (κ2) is 5.23. The van der Waals surface area contributed by atoms with E-state index in [2.05, 4.69) is 20.8 Å². The fraction of sp³-hybridized carbons (Fsp3) is 0.467. The summed E-state index contributed by atoms with van der Waals surface area (Å²) >= 11 is 6.43. The molecule has 0 saturated carbocycles. The van der Waals surface area contributed by atoms with Crippen molar-refractivity contribution in [1.29, 1.82) is 0 Å². The molecular weight excluding hydrogens is 248 g/mol. The van der Waals surface area contributed by atoms with Gasteiger partial charge in [-0.25, -0.2) is 0 Å². The Balaban J connectivity index is 2.43. The summed E-state index contributed by atoms with van der Waals surface area (Å²) in [5.74, 6) is 2.27. The van der Waals surface area contributed by atoms with Crippen molar-refractivity contribution in [2.24, 2.45) is 5.92 Å². The fourth-order valence-corrected chi connectivity index (χ4v) is 2.73. The molecule has 0 aliphatic carbocycles. The molecular formula is C15H19ClO2. The summed E-state index contributed by atoms with van der Waals surface area (Å²) in [6.07, 6.45) is 0.916. The van der Waals surface area contributed by atoms with Gasteiger partial charge in [-0.1, -0.05) is 13.8 Å². The molecule has 0 radical (unpaired) electrons. The standard InChI is InChI=1S/C15H19ClO2/c1-9(2)7-13(16)15-10(3)12-8-11(17-4)5-6-14(12)18-15/h5-6,8-9,13H,7H2,1-4H3. The summed E-state index contributed by atoms with van der Waals surface area (Å²) in [5, 5.41) is 1.02. The van der Waals surface area contributed by atoms with Crippen molar-refractivity contribution in [3.8, 4) is 5.75 Å². The Bertz CT molecular complexity index is 543. The smallest absolute Gasteiger partial charge is 0.134 e. The minimum Gasteiger partial charge on any atom is -0.497 e. The van der Waals surface area contributed by atoms with Crippen LogP contribution in [0.5, 0.6) is 5.75 Å². The predicted octanol–water partition coefficient (Wildman–Crippen LogP) is 5.08. The quantitative estimate of drug-likeness (QED) is 0.721. The highest BCUT2D eigenvalue weighted by Gasteiger charge is 2.19. The van der Waals surface area contributed by atoms with E-state index in [4.69, 9.17) is 20.8 Å². The lowest BCUT2D eigenvalue weighted by molar-refractivity contribution is 0.415. The number of hydrogen-bond acceptors (Lipinski definition) is 2. The van der Waals surface area contributed by atoms with Gasteiger partial charge in [-0.05, 0) is 37.5 Å². The Hall–Kier alpha value is -1.15. The number of ether oxygens (including phenoxy) is 1. The monoisotopic (exact) mass is 266 g/mol. The number of rotatable bonds is 4. The zero-order chi connectivity index (χ0) is 13.3. The van der Waals surface area contributed by atoms with E-state index >= 15 is 0 Å². The molecule has 0 amide bonds. The average molecular weight is 267 g/mol. The van der Waals surface area contributed by atoms with Gasteiger partial charge in [-0.15, -0.1) is 11.6 Å². The van der Waals surface area contributed by atoms with E-state index in [0.717, 1.165) is 34.5 Å². The zero-order valence-electron chi connectivity index (χ0n) is 11.3. The summed E-state index contributed by atoms with van der Waals surface area (Å²) in [6, 6.07) is 5.83. The minimum atomic E-state index is -0.0663. The number of alkyl halides is 1. The molecule has 0 spiro atoms. The van der Waals surface area contributed by atoms with Crippen molar-refractivity contribution in [3.63, 3.8) is 0 Å². The average Bonchev–Trinajstić information content (AvgIpc) is 2.65. The Kier molecular flexibility index (Phi) is 3.86. The number of benzene rings is 1. The first-order valence-electron chi connectivity index (χ1n) is 6.24. The maximum absolute atomic E-state index is 6.43. The highest BCUT2D eigenvalue weighted by Crippen LogP contribution is 2.37. The number of methoxy groups -OCH3 is 1. The number of furan rings is 1. The van der Waals surface area contributed by atoms with Crippen LogP contribution in [0.3, 0.4) is 0 Å². The van der Waals surface area contributed by atoms with Gasteiger partial charge in [0.05, 0.1) is 12.5 Å². The maximum atomic E-state index is 6.43. The second-order valence-corrected chi connectivity index (χ2v) is 5.58. The van der Waals surface area contributed by atoms with Crippen LogP contribution in [-0.2, 0) is 0 Å². The highest BCUT2D eigenvalue weighted by atomic mass is 35.5. The van der Waals surface area contributed by atoms with Gasteiger partial charge in [0.25, 0.3) is 0 Å². The zero-order valence-corrected chi connectivity index (χ0v) is 12.0. The van der Waals surface area contributed by atoms with Gasteiger partial charge in [0.1, 0.15) is 17.1 Å². The van der Waals surface area contributed by atoms with Crippen molar-refractivity contribution in [2.75, 3.05) is 7.11 Å². The normalized spacial score (nSPS) is 13.2. The second-order valence-electron chi connectivity index (χ2n) is 5.05. The van der Waals surface area contributed by atoms with Crippen LogP contribution in [0.15, 0.2) is 22.6 Å². The van der Waals surface area contributed by atoms with Crippen LogP contribution in [0, 0.1) is 12.8 Å². The molecule has 1 atom stereocenters. The largest absolute Gasteiger partial charge is 0.497 e. The van der Waals surface area contributed by atoms with Crippen molar-refractivity contribution < 1.29 is 9.15 Å². The first-order chi connectivity index (χ1) is 8.52. The van der Waals surface area contributed by atoms with Gasteiger partial charge in [-0.3, -0.25) is 0 Å². The summed E-state index contributed by atoms with van der Waals surface area (Å²) in [7, 11) is 1.67. The van der Waals surface area contributed by atoms with Crippen molar-refractivity contribution in [1.82, 2.24) is 0 Å². The molecule has 1 unspecified atom stereocenters. The van der Waals surface area contributed by atoms with E-state index in [-0.39, 0.29) is 5.38 Å². The summed E-state index contributed by atoms with van der Waals surface area (Å²) in [6.45, 7) is 6.38. The molecule has 2 rings (SSSR count). The Morgan fingerprint density at radius 3 is 2.67 bits per heavy atom. The molecule has 1 heterocycles. The summed E-state index contributed by atoms with van der Waals surface area (Å²) in [4.78, 5) is 0. The molecule has 98 valence electrons. The molecule has 1 aromatic heterocycles. The SMILES string of the molecule is COc1ccc2oc(C(Cl)CC(C)C)c(C)c2c1. The minimum absolute atomic E-state index is 0.0663. The molecule has 2 aromatic rings. The molecule has 18 heavy (non-hydrogen) atoms. The number of hydrogen-bond donors (Lipinski definition) is 0. The van der Waals surface area contributed by atoms with E-state index < -0.39 is 0 Å². The number of fused-ring (bicyclic) bond motifs is 1. The Labute approximate surface area is 113 Å². The topological polar surface area (TPSA) is 22.4 Å². The molecule has 0 aliphatic heterocycles. The first-order valence-corrected chi connectivity index (χ1v) is 6.67. The van der Waals surface area contributed by atoms with Crippen LogP contribution in [0.1, 0.15) is 37.0 Å². The van der Waals surface area contributed by atoms with Gasteiger partial charge in [-0.2, -0.15) is 0 Å². The van der Waals surface area contributed by atoms with Crippen LogP contribution in [0.25, 0.3) is 11.0 Å². The Morgan fingerprint density at radius 1 is 1.33 bits per heavy atom. The van der Waals surface area contributed by atoms with Crippen molar-refractivity contribution in [2.45, 2.75) is 32.6 Å². The van der Waals surface area contributed by atoms with Gasteiger partial charge >= 0.3 is 0 Å². The molecule has 0 aliphatic rings. The van der Waals surface area contributed by atoms with E-state index in [1.807, 2.05) is 18.2 Å². The van der Waals surface area contributed by atoms with Gasteiger partial charge in [0, 0.05) is 10.9 Å². The lowest BCUT2D eigenvalue weighted by Gasteiger charge is -2.10. The molecule has 0 fully saturated rings. The molecule has 0 saturated heterocycles. The molecule has 0 N–H and O–H groups in total. The third-order valence-electron chi connectivity index (χ3n) is 3.14. The van der Waals surface area contributed by atoms with Gasteiger partial charge in [0.2, 0.25) is 0 Å². The van der Waals surface area contributed by atoms with Crippen LogP contribution in [0.2, 0.25) is 0 Å². The molecule has 2 nitrogen and oxygen atoms in total.